The minimum Gasteiger partial charge on any atom is -0.277 e. The molecule has 0 fully saturated rings. The summed E-state index contributed by atoms with van der Waals surface area (Å²) < 4.78 is 0. The minimum atomic E-state index is -0.984. The van der Waals surface area contributed by atoms with Gasteiger partial charge < -0.3 is 0 Å². The van der Waals surface area contributed by atoms with Crippen LogP contribution in [0.15, 0.2) is 30.3 Å². The van der Waals surface area contributed by atoms with Gasteiger partial charge in [-0.1, -0.05) is 57.7 Å². The normalized spacial score (nSPS) is 10.3. The van der Waals surface area contributed by atoms with E-state index < -0.39 is 23.9 Å². The fourth-order valence-corrected chi connectivity index (χ4v) is 2.45. The molecule has 0 aliphatic rings. The number of rotatable bonds is 8. The monoisotopic (exact) mass is 361 g/mol. The SMILES string of the molecule is CCCCC(CCCC)C(=O)NC(=O)NC(=O)NC(=O)c1ccccc1. The van der Waals surface area contributed by atoms with Gasteiger partial charge in [0.2, 0.25) is 5.91 Å². The van der Waals surface area contributed by atoms with Crippen LogP contribution in [0.3, 0.4) is 0 Å². The standard InChI is InChI=1S/C19H27N3O4/c1-3-5-10-14(11-6-4-2)16(23)20-18(25)22-19(26)21-17(24)15-12-8-7-9-13-15/h7-9,12-14H,3-6,10-11H2,1-2H3,(H3,20,21,22,23,24,25,26). The molecule has 3 N–H and O–H groups in total. The molecule has 0 aliphatic heterocycles. The molecule has 0 saturated heterocycles. The number of carbonyl (C=O) groups excluding carboxylic acids is 4. The van der Waals surface area contributed by atoms with E-state index in [2.05, 4.69) is 5.32 Å². The molecule has 0 atom stereocenters. The van der Waals surface area contributed by atoms with E-state index in [0.29, 0.717) is 18.4 Å². The van der Waals surface area contributed by atoms with Crippen LogP contribution in [0.25, 0.3) is 0 Å². The molecule has 26 heavy (non-hydrogen) atoms. The number of benzene rings is 1. The number of hydrogen-bond donors (Lipinski definition) is 3. The Hall–Kier alpha value is -2.70. The van der Waals surface area contributed by atoms with Gasteiger partial charge in [0.25, 0.3) is 5.91 Å². The van der Waals surface area contributed by atoms with E-state index in [-0.39, 0.29) is 5.92 Å². The number of unbranched alkanes of at least 4 members (excludes halogenated alkanes) is 2. The van der Waals surface area contributed by atoms with Crippen LogP contribution in [0, 0.1) is 5.92 Å². The van der Waals surface area contributed by atoms with Crippen molar-refractivity contribution in [1.82, 2.24) is 16.0 Å². The van der Waals surface area contributed by atoms with Crippen molar-refractivity contribution in [3.8, 4) is 0 Å². The van der Waals surface area contributed by atoms with Crippen molar-refractivity contribution in [2.75, 3.05) is 0 Å². The number of carbonyl (C=O) groups is 4. The van der Waals surface area contributed by atoms with Gasteiger partial charge >= 0.3 is 12.1 Å². The van der Waals surface area contributed by atoms with E-state index in [1.165, 1.54) is 12.1 Å². The van der Waals surface area contributed by atoms with Crippen LogP contribution in [0.2, 0.25) is 0 Å². The molecule has 1 aromatic carbocycles. The Morgan fingerprint density at radius 2 is 1.35 bits per heavy atom. The second kappa shape index (κ2) is 11.8. The van der Waals surface area contributed by atoms with E-state index in [9.17, 15) is 19.2 Å². The van der Waals surface area contributed by atoms with E-state index in [1.807, 2.05) is 24.5 Å². The molecular formula is C19H27N3O4. The summed E-state index contributed by atoms with van der Waals surface area (Å²) >= 11 is 0. The molecule has 0 saturated carbocycles. The maximum Gasteiger partial charge on any atom is 0.329 e. The van der Waals surface area contributed by atoms with Gasteiger partial charge in [-0.3, -0.25) is 25.5 Å². The molecule has 1 aromatic rings. The summed E-state index contributed by atoms with van der Waals surface area (Å²) in [5.74, 6) is -1.28. The Labute approximate surface area is 153 Å². The van der Waals surface area contributed by atoms with Gasteiger partial charge in [-0.05, 0) is 25.0 Å². The molecule has 0 aromatic heterocycles. The van der Waals surface area contributed by atoms with Crippen molar-refractivity contribution >= 4 is 23.9 Å². The van der Waals surface area contributed by atoms with Crippen LogP contribution < -0.4 is 16.0 Å². The minimum absolute atomic E-state index is 0.255. The molecule has 0 aliphatic carbocycles. The lowest BCUT2D eigenvalue weighted by Crippen LogP contribution is -2.49. The molecule has 0 heterocycles. The Morgan fingerprint density at radius 1 is 0.808 bits per heavy atom. The van der Waals surface area contributed by atoms with E-state index in [1.54, 1.807) is 18.2 Å². The number of hydrogen-bond acceptors (Lipinski definition) is 4. The molecule has 7 nitrogen and oxygen atoms in total. The molecule has 6 amide bonds. The number of amides is 6. The Bertz CT molecular complexity index is 608. The van der Waals surface area contributed by atoms with E-state index in [4.69, 9.17) is 0 Å². The Morgan fingerprint density at radius 3 is 1.88 bits per heavy atom. The van der Waals surface area contributed by atoms with E-state index >= 15 is 0 Å². The predicted octanol–water partition coefficient (Wildman–Crippen LogP) is 3.36. The highest BCUT2D eigenvalue weighted by Gasteiger charge is 2.21. The van der Waals surface area contributed by atoms with Gasteiger partial charge in [0.1, 0.15) is 0 Å². The zero-order valence-corrected chi connectivity index (χ0v) is 15.3. The van der Waals surface area contributed by atoms with Gasteiger partial charge in [-0.25, -0.2) is 9.59 Å². The smallest absolute Gasteiger partial charge is 0.277 e. The number of imide groups is 3. The van der Waals surface area contributed by atoms with Crippen LogP contribution in [0.1, 0.15) is 62.7 Å². The zero-order valence-electron chi connectivity index (χ0n) is 15.3. The lowest BCUT2D eigenvalue weighted by Gasteiger charge is -2.15. The lowest BCUT2D eigenvalue weighted by molar-refractivity contribution is -0.124. The maximum atomic E-state index is 12.2. The van der Waals surface area contributed by atoms with Gasteiger partial charge in [0, 0.05) is 11.5 Å². The van der Waals surface area contributed by atoms with Gasteiger partial charge in [-0.2, -0.15) is 0 Å². The quantitative estimate of drug-likeness (QED) is 0.660. The highest BCUT2D eigenvalue weighted by atomic mass is 16.2. The first-order valence-electron chi connectivity index (χ1n) is 9.00. The van der Waals surface area contributed by atoms with Crippen molar-refractivity contribution in [2.45, 2.75) is 52.4 Å². The molecule has 7 heteroatoms. The third-order valence-corrected chi connectivity index (χ3v) is 3.91. The summed E-state index contributed by atoms with van der Waals surface area (Å²) in [5, 5.41) is 6.15. The molecule has 0 bridgehead atoms. The second-order valence-corrected chi connectivity index (χ2v) is 6.07. The first-order valence-corrected chi connectivity index (χ1v) is 9.00. The average molecular weight is 361 g/mol. The first kappa shape index (κ1) is 21.3. The van der Waals surface area contributed by atoms with Crippen molar-refractivity contribution in [3.63, 3.8) is 0 Å². The van der Waals surface area contributed by atoms with E-state index in [0.717, 1.165) is 25.7 Å². The van der Waals surface area contributed by atoms with Crippen LogP contribution in [0.5, 0.6) is 0 Å². The van der Waals surface area contributed by atoms with Crippen molar-refractivity contribution in [2.24, 2.45) is 5.92 Å². The Kier molecular flexibility index (Phi) is 9.67. The average Bonchev–Trinajstić information content (AvgIpc) is 2.62. The predicted molar refractivity (Wildman–Crippen MR) is 98.5 cm³/mol. The molecule has 0 unspecified atom stereocenters. The summed E-state index contributed by atoms with van der Waals surface area (Å²) in [5.41, 5.74) is 0.290. The molecule has 142 valence electrons. The molecule has 0 radical (unpaired) electrons. The number of urea groups is 2. The van der Waals surface area contributed by atoms with Crippen LogP contribution in [-0.4, -0.2) is 23.9 Å². The van der Waals surface area contributed by atoms with Crippen LogP contribution in [-0.2, 0) is 4.79 Å². The fraction of sp³-hybridized carbons (Fsp3) is 0.474. The van der Waals surface area contributed by atoms with Crippen LogP contribution in [0.4, 0.5) is 9.59 Å². The summed E-state index contributed by atoms with van der Waals surface area (Å²) in [6, 6.07) is 6.21. The molecule has 1 rings (SSSR count). The second-order valence-electron chi connectivity index (χ2n) is 6.07. The molecule has 0 spiro atoms. The van der Waals surface area contributed by atoms with Crippen molar-refractivity contribution < 1.29 is 19.2 Å². The summed E-state index contributed by atoms with van der Waals surface area (Å²) in [4.78, 5) is 47.6. The third kappa shape index (κ3) is 7.92. The highest BCUT2D eigenvalue weighted by molar-refractivity contribution is 6.09. The first-order chi connectivity index (χ1) is 12.5. The summed E-state index contributed by atoms with van der Waals surface area (Å²) in [6.45, 7) is 4.07. The van der Waals surface area contributed by atoms with Gasteiger partial charge in [0.05, 0.1) is 0 Å². The Balaban J connectivity index is 2.48. The summed E-state index contributed by atoms with van der Waals surface area (Å²) in [7, 11) is 0. The fourth-order valence-electron chi connectivity index (χ4n) is 2.45. The topological polar surface area (TPSA) is 104 Å². The largest absolute Gasteiger partial charge is 0.329 e. The van der Waals surface area contributed by atoms with Crippen molar-refractivity contribution in [3.05, 3.63) is 35.9 Å². The van der Waals surface area contributed by atoms with Gasteiger partial charge in [-0.15, -0.1) is 0 Å². The third-order valence-electron chi connectivity index (χ3n) is 3.91. The van der Waals surface area contributed by atoms with Gasteiger partial charge in [0.15, 0.2) is 0 Å². The van der Waals surface area contributed by atoms with Crippen molar-refractivity contribution in [1.29, 1.82) is 0 Å². The highest BCUT2D eigenvalue weighted by Crippen LogP contribution is 2.16. The number of nitrogens with one attached hydrogen (secondary N) is 3. The van der Waals surface area contributed by atoms with Crippen LogP contribution >= 0.6 is 0 Å². The molecular weight excluding hydrogens is 334 g/mol. The lowest BCUT2D eigenvalue weighted by atomic mass is 9.95. The summed E-state index contributed by atoms with van der Waals surface area (Å²) in [6.07, 6.45) is 5.13. The maximum absolute atomic E-state index is 12.2. The zero-order chi connectivity index (χ0) is 19.4.